The summed E-state index contributed by atoms with van der Waals surface area (Å²) in [7, 11) is -0.0616. The van der Waals surface area contributed by atoms with Crippen LogP contribution in [0.1, 0.15) is 23.3 Å². The number of hydrogen-bond acceptors (Lipinski definition) is 6. The summed E-state index contributed by atoms with van der Waals surface area (Å²) in [6, 6.07) is 7.56. The SMILES string of the molecule is CN(C)C=CC(=O)c1nn(-c2cccc(S(=O)(=O)N3CCCC3)c2)ccc1=O. The van der Waals surface area contributed by atoms with Crippen LogP contribution in [0.15, 0.2) is 58.5 Å². The molecule has 0 unspecified atom stereocenters. The molecular weight excluding hydrogens is 380 g/mol. The third-order valence-corrected chi connectivity index (χ3v) is 6.25. The van der Waals surface area contributed by atoms with Crippen molar-refractivity contribution in [3.63, 3.8) is 0 Å². The third-order valence-electron chi connectivity index (χ3n) is 4.35. The van der Waals surface area contributed by atoms with Crippen molar-refractivity contribution < 1.29 is 13.2 Å². The minimum Gasteiger partial charge on any atom is -0.383 e. The number of benzene rings is 1. The van der Waals surface area contributed by atoms with Crippen LogP contribution in [0, 0.1) is 0 Å². The van der Waals surface area contributed by atoms with E-state index in [1.165, 1.54) is 45.7 Å². The Morgan fingerprint density at radius 1 is 1.18 bits per heavy atom. The number of allylic oxidation sites excluding steroid dienone is 1. The van der Waals surface area contributed by atoms with Gasteiger partial charge in [-0.05, 0) is 31.0 Å². The summed E-state index contributed by atoms with van der Waals surface area (Å²) in [5.74, 6) is -0.520. The van der Waals surface area contributed by atoms with E-state index in [-0.39, 0.29) is 10.6 Å². The number of carbonyl (C=O) groups excluding carboxylic acids is 1. The van der Waals surface area contributed by atoms with Crippen LogP contribution in [0.2, 0.25) is 0 Å². The molecule has 0 radical (unpaired) electrons. The molecule has 3 rings (SSSR count). The number of aromatic nitrogens is 2. The summed E-state index contributed by atoms with van der Waals surface area (Å²) < 4.78 is 28.3. The zero-order chi connectivity index (χ0) is 20.3. The zero-order valence-electron chi connectivity index (χ0n) is 15.8. The van der Waals surface area contributed by atoms with E-state index < -0.39 is 21.2 Å². The van der Waals surface area contributed by atoms with E-state index in [0.717, 1.165) is 12.8 Å². The molecule has 28 heavy (non-hydrogen) atoms. The Hall–Kier alpha value is -2.78. The molecule has 0 atom stereocenters. The summed E-state index contributed by atoms with van der Waals surface area (Å²) in [4.78, 5) is 26.1. The van der Waals surface area contributed by atoms with Crippen molar-refractivity contribution >= 4 is 15.8 Å². The Balaban J connectivity index is 1.97. The van der Waals surface area contributed by atoms with Crippen molar-refractivity contribution in [2.75, 3.05) is 27.2 Å². The molecule has 0 spiro atoms. The second kappa shape index (κ2) is 8.07. The molecule has 0 N–H and O–H groups in total. The summed E-state index contributed by atoms with van der Waals surface area (Å²) in [5.41, 5.74) is -0.273. The lowest BCUT2D eigenvalue weighted by Gasteiger charge is -2.16. The Kier molecular flexibility index (Phi) is 5.76. The van der Waals surface area contributed by atoms with Gasteiger partial charge in [0.15, 0.2) is 5.69 Å². The largest absolute Gasteiger partial charge is 0.383 e. The van der Waals surface area contributed by atoms with E-state index in [2.05, 4.69) is 5.10 Å². The Bertz CT molecular complexity index is 1070. The van der Waals surface area contributed by atoms with Crippen molar-refractivity contribution in [2.45, 2.75) is 17.7 Å². The maximum Gasteiger partial charge on any atom is 0.243 e. The predicted octanol–water partition coefficient (Wildman–Crippen LogP) is 1.27. The fourth-order valence-electron chi connectivity index (χ4n) is 2.88. The highest BCUT2D eigenvalue weighted by molar-refractivity contribution is 7.89. The predicted molar refractivity (Wildman–Crippen MR) is 105 cm³/mol. The third kappa shape index (κ3) is 4.20. The lowest BCUT2D eigenvalue weighted by Crippen LogP contribution is -2.28. The number of nitrogens with zero attached hydrogens (tertiary/aromatic N) is 4. The van der Waals surface area contributed by atoms with Gasteiger partial charge in [0.2, 0.25) is 21.2 Å². The second-order valence-electron chi connectivity index (χ2n) is 6.73. The number of hydrogen-bond donors (Lipinski definition) is 0. The maximum absolute atomic E-state index is 12.8. The van der Waals surface area contributed by atoms with Crippen LogP contribution in [0.5, 0.6) is 0 Å². The van der Waals surface area contributed by atoms with Crippen LogP contribution in [-0.2, 0) is 10.0 Å². The monoisotopic (exact) mass is 402 g/mol. The number of sulfonamides is 1. The van der Waals surface area contributed by atoms with Gasteiger partial charge in [-0.2, -0.15) is 9.40 Å². The lowest BCUT2D eigenvalue weighted by atomic mass is 10.2. The second-order valence-corrected chi connectivity index (χ2v) is 8.66. The van der Waals surface area contributed by atoms with Gasteiger partial charge in [-0.3, -0.25) is 9.59 Å². The molecule has 0 saturated carbocycles. The molecule has 1 aliphatic rings. The molecule has 1 aliphatic heterocycles. The standard InChI is InChI=1S/C19H22N4O4S/c1-21(2)12-8-17(24)19-18(25)9-13-23(20-19)15-6-5-7-16(14-15)28(26,27)22-10-3-4-11-22/h5-9,12-14H,3-4,10-11H2,1-2H3. The van der Waals surface area contributed by atoms with Crippen molar-refractivity contribution in [1.82, 2.24) is 19.0 Å². The van der Waals surface area contributed by atoms with Gasteiger partial charge in [-0.25, -0.2) is 13.1 Å². The highest BCUT2D eigenvalue weighted by atomic mass is 32.2. The molecule has 1 aromatic heterocycles. The number of carbonyl (C=O) groups is 1. The van der Waals surface area contributed by atoms with Gasteiger partial charge in [0.1, 0.15) is 0 Å². The fourth-order valence-corrected chi connectivity index (χ4v) is 4.44. The molecule has 1 saturated heterocycles. The van der Waals surface area contributed by atoms with Crippen molar-refractivity contribution in [2.24, 2.45) is 0 Å². The van der Waals surface area contributed by atoms with Crippen LogP contribution in [0.4, 0.5) is 0 Å². The first kappa shape index (κ1) is 20.0. The Morgan fingerprint density at radius 2 is 1.89 bits per heavy atom. The first-order chi connectivity index (χ1) is 13.3. The van der Waals surface area contributed by atoms with Gasteiger partial charge >= 0.3 is 0 Å². The summed E-state index contributed by atoms with van der Waals surface area (Å²) in [6.07, 6.45) is 5.92. The van der Waals surface area contributed by atoms with Crippen molar-refractivity contribution in [1.29, 1.82) is 0 Å². The Morgan fingerprint density at radius 3 is 2.57 bits per heavy atom. The quantitative estimate of drug-likeness (QED) is 0.534. The summed E-state index contributed by atoms with van der Waals surface area (Å²) >= 11 is 0. The van der Waals surface area contributed by atoms with Gasteiger partial charge in [-0.15, -0.1) is 0 Å². The van der Waals surface area contributed by atoms with Gasteiger partial charge in [0.25, 0.3) is 0 Å². The molecule has 1 aromatic carbocycles. The van der Waals surface area contributed by atoms with Crippen molar-refractivity contribution in [3.8, 4) is 5.69 Å². The van der Waals surface area contributed by atoms with Crippen LogP contribution in [0.3, 0.4) is 0 Å². The smallest absolute Gasteiger partial charge is 0.243 e. The van der Waals surface area contributed by atoms with E-state index in [9.17, 15) is 18.0 Å². The van der Waals surface area contributed by atoms with E-state index in [4.69, 9.17) is 0 Å². The highest BCUT2D eigenvalue weighted by Crippen LogP contribution is 2.22. The van der Waals surface area contributed by atoms with Gasteiger partial charge in [0.05, 0.1) is 10.6 Å². The van der Waals surface area contributed by atoms with E-state index in [1.54, 1.807) is 31.1 Å². The van der Waals surface area contributed by atoms with Crippen LogP contribution in [0.25, 0.3) is 5.69 Å². The molecule has 2 heterocycles. The van der Waals surface area contributed by atoms with E-state index in [1.807, 2.05) is 0 Å². The number of ketones is 1. The molecule has 8 nitrogen and oxygen atoms in total. The maximum atomic E-state index is 12.8. The average molecular weight is 402 g/mol. The fraction of sp³-hybridized carbons (Fsp3) is 0.316. The minimum atomic E-state index is -3.58. The van der Waals surface area contributed by atoms with E-state index >= 15 is 0 Å². The molecule has 0 aliphatic carbocycles. The molecule has 0 amide bonds. The Labute approximate surface area is 163 Å². The van der Waals surface area contributed by atoms with Gasteiger partial charge < -0.3 is 4.90 Å². The first-order valence-electron chi connectivity index (χ1n) is 8.88. The van der Waals surface area contributed by atoms with Crippen molar-refractivity contribution in [3.05, 3.63) is 64.7 Å². The van der Waals surface area contributed by atoms with Crippen LogP contribution < -0.4 is 5.43 Å². The first-order valence-corrected chi connectivity index (χ1v) is 10.3. The molecule has 0 bridgehead atoms. The van der Waals surface area contributed by atoms with E-state index in [0.29, 0.717) is 18.8 Å². The molecule has 2 aromatic rings. The topological polar surface area (TPSA) is 92.6 Å². The number of rotatable bonds is 6. The molecule has 9 heteroatoms. The highest BCUT2D eigenvalue weighted by Gasteiger charge is 2.27. The minimum absolute atomic E-state index is 0.160. The van der Waals surface area contributed by atoms with Gasteiger partial charge in [-0.1, -0.05) is 6.07 Å². The molecule has 1 fully saturated rings. The molecule has 148 valence electrons. The summed E-state index contributed by atoms with van der Waals surface area (Å²) in [6.45, 7) is 1.03. The zero-order valence-corrected chi connectivity index (χ0v) is 16.6. The van der Waals surface area contributed by atoms with Crippen LogP contribution >= 0.6 is 0 Å². The normalized spacial score (nSPS) is 15.2. The van der Waals surface area contributed by atoms with Crippen LogP contribution in [-0.4, -0.2) is 60.4 Å². The van der Waals surface area contributed by atoms with Gasteiger partial charge in [0, 0.05) is 51.7 Å². The molecular formula is C19H22N4O4S. The average Bonchev–Trinajstić information content (AvgIpc) is 3.22. The lowest BCUT2D eigenvalue weighted by molar-refractivity contribution is 0.103. The summed E-state index contributed by atoms with van der Waals surface area (Å²) in [5, 5.41) is 4.12.